The zero-order chi connectivity index (χ0) is 18.1. The van der Waals surface area contributed by atoms with Crippen molar-refractivity contribution in [1.29, 1.82) is 0 Å². The largest absolute Gasteiger partial charge is 0.355 e. The molecule has 7 heteroatoms. The van der Waals surface area contributed by atoms with Crippen LogP contribution in [0.4, 0.5) is 0 Å². The van der Waals surface area contributed by atoms with Crippen molar-refractivity contribution in [2.75, 3.05) is 12.3 Å². The lowest BCUT2D eigenvalue weighted by Crippen LogP contribution is -2.30. The molecule has 136 valence electrons. The molecule has 0 fully saturated rings. The van der Waals surface area contributed by atoms with Gasteiger partial charge in [-0.25, -0.2) is 0 Å². The maximum atomic E-state index is 12.1. The van der Waals surface area contributed by atoms with E-state index in [0.29, 0.717) is 11.7 Å². The number of carbonyl (C=O) groups excluding carboxylic acids is 1. The van der Waals surface area contributed by atoms with Crippen molar-refractivity contribution >= 4 is 17.7 Å². The van der Waals surface area contributed by atoms with E-state index in [-0.39, 0.29) is 5.91 Å². The molecule has 25 heavy (non-hydrogen) atoms. The van der Waals surface area contributed by atoms with Gasteiger partial charge in [0.25, 0.3) is 0 Å². The molecule has 6 nitrogen and oxygen atoms in total. The van der Waals surface area contributed by atoms with Crippen LogP contribution in [0.3, 0.4) is 0 Å². The number of rotatable bonds is 10. The number of hydrogen-bond donors (Lipinski definition) is 1. The second-order valence-electron chi connectivity index (χ2n) is 6.11. The number of unbranched alkanes of at least 4 members (excludes halogenated alkanes) is 1. The first kappa shape index (κ1) is 19.4. The van der Waals surface area contributed by atoms with Crippen molar-refractivity contribution in [2.45, 2.75) is 44.7 Å². The van der Waals surface area contributed by atoms with Crippen molar-refractivity contribution in [3.8, 4) is 11.4 Å². The van der Waals surface area contributed by atoms with Gasteiger partial charge in [-0.2, -0.15) is 0 Å². The van der Waals surface area contributed by atoms with Crippen molar-refractivity contribution < 1.29 is 4.79 Å². The molecule has 2 rings (SSSR count). The number of pyridine rings is 1. The fourth-order valence-corrected chi connectivity index (χ4v) is 3.32. The summed E-state index contributed by atoms with van der Waals surface area (Å²) in [5.41, 5.74) is 0.961. The number of nitrogens with zero attached hydrogens (tertiary/aromatic N) is 4. The number of nitrogens with one attached hydrogen (secondary N) is 1. The van der Waals surface area contributed by atoms with Crippen molar-refractivity contribution in [3.05, 3.63) is 24.5 Å². The van der Waals surface area contributed by atoms with Crippen LogP contribution in [-0.4, -0.2) is 38.0 Å². The van der Waals surface area contributed by atoms with E-state index in [4.69, 9.17) is 0 Å². The van der Waals surface area contributed by atoms with E-state index >= 15 is 0 Å². The summed E-state index contributed by atoms with van der Waals surface area (Å²) in [7, 11) is 1.91. The SMILES string of the molecule is CCCC[C@H](CC)CNC(=O)CSc1nnc(-c2ccncc2)n1C. The summed E-state index contributed by atoms with van der Waals surface area (Å²) in [6.07, 6.45) is 8.16. The maximum absolute atomic E-state index is 12.1. The highest BCUT2D eigenvalue weighted by Gasteiger charge is 2.13. The van der Waals surface area contributed by atoms with Crippen molar-refractivity contribution in [3.63, 3.8) is 0 Å². The quantitative estimate of drug-likeness (QED) is 0.657. The molecule has 1 amide bonds. The van der Waals surface area contributed by atoms with Gasteiger partial charge >= 0.3 is 0 Å². The molecular weight excluding hydrogens is 334 g/mol. The molecule has 0 saturated heterocycles. The first-order chi connectivity index (χ1) is 12.2. The number of amides is 1. The van der Waals surface area contributed by atoms with Crippen LogP contribution >= 0.6 is 11.8 Å². The third-order valence-electron chi connectivity index (χ3n) is 4.24. The molecule has 0 aliphatic carbocycles. The third-order valence-corrected chi connectivity index (χ3v) is 5.26. The second kappa shape index (κ2) is 10.2. The average Bonchev–Trinajstić information content (AvgIpc) is 3.01. The third kappa shape index (κ3) is 5.85. The van der Waals surface area contributed by atoms with Gasteiger partial charge in [-0.1, -0.05) is 44.9 Å². The molecule has 2 heterocycles. The smallest absolute Gasteiger partial charge is 0.230 e. The monoisotopic (exact) mass is 361 g/mol. The summed E-state index contributed by atoms with van der Waals surface area (Å²) in [6.45, 7) is 5.14. The van der Waals surface area contributed by atoms with Gasteiger partial charge < -0.3 is 9.88 Å². The first-order valence-electron chi connectivity index (χ1n) is 8.85. The Bertz CT molecular complexity index is 659. The summed E-state index contributed by atoms with van der Waals surface area (Å²) in [4.78, 5) is 16.1. The van der Waals surface area contributed by atoms with Gasteiger partial charge in [-0.15, -0.1) is 10.2 Å². The van der Waals surface area contributed by atoms with Crippen LogP contribution in [0.5, 0.6) is 0 Å². The Labute approximate surface area is 153 Å². The molecule has 0 aromatic carbocycles. The normalized spacial score (nSPS) is 12.1. The van der Waals surface area contributed by atoms with Crippen LogP contribution in [0.25, 0.3) is 11.4 Å². The van der Waals surface area contributed by atoms with E-state index in [0.717, 1.165) is 29.5 Å². The topological polar surface area (TPSA) is 72.7 Å². The van der Waals surface area contributed by atoms with E-state index in [1.165, 1.54) is 31.0 Å². The Balaban J connectivity index is 1.83. The first-order valence-corrected chi connectivity index (χ1v) is 9.83. The molecule has 0 spiro atoms. The van der Waals surface area contributed by atoms with Crippen LogP contribution in [0, 0.1) is 5.92 Å². The lowest BCUT2D eigenvalue weighted by Gasteiger charge is -2.15. The molecule has 0 unspecified atom stereocenters. The summed E-state index contributed by atoms with van der Waals surface area (Å²) >= 11 is 1.41. The molecule has 0 bridgehead atoms. The number of hydrogen-bond acceptors (Lipinski definition) is 5. The Morgan fingerprint density at radius 1 is 1.28 bits per heavy atom. The second-order valence-corrected chi connectivity index (χ2v) is 7.05. The number of aromatic nitrogens is 4. The minimum Gasteiger partial charge on any atom is -0.355 e. The minimum absolute atomic E-state index is 0.0495. The molecule has 1 atom stereocenters. The van der Waals surface area contributed by atoms with Gasteiger partial charge in [0.15, 0.2) is 11.0 Å². The zero-order valence-corrected chi connectivity index (χ0v) is 16.1. The predicted octanol–water partition coefficient (Wildman–Crippen LogP) is 3.30. The highest BCUT2D eigenvalue weighted by Crippen LogP contribution is 2.21. The Kier molecular flexibility index (Phi) is 7.91. The molecular formula is C18H27N5OS. The Hall–Kier alpha value is -1.89. The van der Waals surface area contributed by atoms with Gasteiger partial charge in [0, 0.05) is 31.5 Å². The molecule has 0 radical (unpaired) electrons. The minimum atomic E-state index is 0.0495. The Morgan fingerprint density at radius 2 is 2.04 bits per heavy atom. The van der Waals surface area contributed by atoms with Gasteiger partial charge in [-0.3, -0.25) is 9.78 Å². The van der Waals surface area contributed by atoms with E-state index in [1.54, 1.807) is 12.4 Å². The molecule has 0 saturated carbocycles. The van der Waals surface area contributed by atoms with Crippen LogP contribution in [0.15, 0.2) is 29.7 Å². The number of thioether (sulfide) groups is 1. The van der Waals surface area contributed by atoms with E-state index in [2.05, 4.69) is 34.3 Å². The molecule has 2 aromatic rings. The molecule has 2 aromatic heterocycles. The summed E-state index contributed by atoms with van der Waals surface area (Å²) in [5.74, 6) is 1.75. The fourth-order valence-electron chi connectivity index (χ4n) is 2.58. The molecule has 1 N–H and O–H groups in total. The summed E-state index contributed by atoms with van der Waals surface area (Å²) in [6, 6.07) is 3.79. The standard InChI is InChI=1S/C18H27N5OS/c1-4-6-7-14(5-2)12-20-16(24)13-25-18-22-21-17(23(18)3)15-8-10-19-11-9-15/h8-11,14H,4-7,12-13H2,1-3H3,(H,20,24)/t14-/m0/s1. The Morgan fingerprint density at radius 3 is 2.72 bits per heavy atom. The maximum Gasteiger partial charge on any atom is 0.230 e. The fraction of sp³-hybridized carbons (Fsp3) is 0.556. The summed E-state index contributed by atoms with van der Waals surface area (Å²) in [5, 5.41) is 12.2. The van der Waals surface area contributed by atoms with Gasteiger partial charge in [0.2, 0.25) is 5.91 Å². The highest BCUT2D eigenvalue weighted by molar-refractivity contribution is 7.99. The predicted molar refractivity (Wildman–Crippen MR) is 101 cm³/mol. The lowest BCUT2D eigenvalue weighted by atomic mass is 9.99. The van der Waals surface area contributed by atoms with Crippen LogP contribution in [0.1, 0.15) is 39.5 Å². The highest BCUT2D eigenvalue weighted by atomic mass is 32.2. The van der Waals surface area contributed by atoms with Crippen molar-refractivity contribution in [2.24, 2.45) is 13.0 Å². The number of carbonyl (C=O) groups is 1. The summed E-state index contributed by atoms with van der Waals surface area (Å²) < 4.78 is 1.91. The van der Waals surface area contributed by atoms with Gasteiger partial charge in [0.05, 0.1) is 5.75 Å². The average molecular weight is 362 g/mol. The lowest BCUT2D eigenvalue weighted by molar-refractivity contribution is -0.118. The molecule has 0 aliphatic heterocycles. The zero-order valence-electron chi connectivity index (χ0n) is 15.2. The van der Waals surface area contributed by atoms with E-state index in [9.17, 15) is 4.79 Å². The van der Waals surface area contributed by atoms with Crippen LogP contribution in [-0.2, 0) is 11.8 Å². The van der Waals surface area contributed by atoms with E-state index in [1.807, 2.05) is 23.7 Å². The van der Waals surface area contributed by atoms with Crippen LogP contribution < -0.4 is 5.32 Å². The molecule has 0 aliphatic rings. The van der Waals surface area contributed by atoms with Gasteiger partial charge in [-0.05, 0) is 24.5 Å². The van der Waals surface area contributed by atoms with Gasteiger partial charge in [0.1, 0.15) is 0 Å². The van der Waals surface area contributed by atoms with E-state index < -0.39 is 0 Å². The van der Waals surface area contributed by atoms with Crippen LogP contribution in [0.2, 0.25) is 0 Å². The van der Waals surface area contributed by atoms with Crippen molar-refractivity contribution in [1.82, 2.24) is 25.1 Å².